The summed E-state index contributed by atoms with van der Waals surface area (Å²) in [6.45, 7) is 9.28. The first-order chi connectivity index (χ1) is 17.8. The molecule has 13 nitrogen and oxygen atoms in total. The fraction of sp³-hybridized carbons (Fsp3) is 0.750. The van der Waals surface area contributed by atoms with Crippen molar-refractivity contribution in [2.75, 3.05) is 19.6 Å². The van der Waals surface area contributed by atoms with E-state index in [0.717, 1.165) is 56.0 Å². The topological polar surface area (TPSA) is 155 Å². The maximum atomic E-state index is 12.6. The van der Waals surface area contributed by atoms with Crippen molar-refractivity contribution >= 4 is 28.4 Å². The molecule has 4 rings (SSSR count). The average Bonchev–Trinajstić information content (AvgIpc) is 3.37. The van der Waals surface area contributed by atoms with Crippen molar-refractivity contribution in [1.29, 1.82) is 0 Å². The number of carbonyl (C=O) groups is 2. The highest BCUT2D eigenvalue weighted by Crippen LogP contribution is 2.38. The number of urea groups is 1. The number of hydroxylamine groups is 2. The van der Waals surface area contributed by atoms with Crippen LogP contribution in [0, 0.1) is 5.92 Å². The molecular formula is C24H37N5O8S. The molecule has 3 saturated heterocycles. The standard InChI is InChI=1S/C24H37N5O8S/c1-16(25-22(30)35-24(2,3)4)27-12-10-17(11-13-27)6-5-7-19-14-20(26-36-19)21-9-8-18-15-28(21)23(31)29(18)37-38(32,33)34/h14,17-18,21H,5-13,15H2,1-4H3,(H,32,33,34)/t18-,21+/m1/s1. The first-order valence-corrected chi connectivity index (χ1v) is 14.4. The van der Waals surface area contributed by atoms with Crippen molar-refractivity contribution in [1.82, 2.24) is 20.0 Å². The van der Waals surface area contributed by atoms with Crippen molar-refractivity contribution in [3.05, 3.63) is 17.5 Å². The molecule has 3 aliphatic rings. The van der Waals surface area contributed by atoms with Crippen LogP contribution in [0.25, 0.3) is 0 Å². The molecule has 1 N–H and O–H groups in total. The maximum absolute atomic E-state index is 12.6. The first-order valence-electron chi connectivity index (χ1n) is 13.0. The summed E-state index contributed by atoms with van der Waals surface area (Å²) in [5.41, 5.74) is 0.0685. The third kappa shape index (κ3) is 7.23. The lowest BCUT2D eigenvalue weighted by atomic mass is 9.91. The van der Waals surface area contributed by atoms with E-state index in [1.165, 1.54) is 4.90 Å². The zero-order chi connectivity index (χ0) is 27.7. The van der Waals surface area contributed by atoms with Gasteiger partial charge in [-0.15, -0.1) is 4.28 Å². The van der Waals surface area contributed by atoms with Crippen LogP contribution in [0.15, 0.2) is 15.6 Å². The highest BCUT2D eigenvalue weighted by Gasteiger charge is 2.48. The van der Waals surface area contributed by atoms with E-state index in [1.807, 2.05) is 33.8 Å². The number of hydrogen-bond donors (Lipinski definition) is 1. The zero-order valence-electron chi connectivity index (χ0n) is 22.3. The number of nitrogens with zero attached hydrogens (tertiary/aromatic N) is 5. The van der Waals surface area contributed by atoms with Gasteiger partial charge in [0.1, 0.15) is 22.9 Å². The molecule has 3 aliphatic heterocycles. The number of aromatic nitrogens is 1. The van der Waals surface area contributed by atoms with Gasteiger partial charge >= 0.3 is 22.5 Å². The lowest BCUT2D eigenvalue weighted by molar-refractivity contribution is -0.0317. The van der Waals surface area contributed by atoms with E-state index in [-0.39, 0.29) is 6.04 Å². The Morgan fingerprint density at radius 1 is 1.24 bits per heavy atom. The Kier molecular flexibility index (Phi) is 8.33. The second-order valence-corrected chi connectivity index (χ2v) is 12.2. The average molecular weight is 556 g/mol. The van der Waals surface area contributed by atoms with Gasteiger partial charge in [0.05, 0.1) is 12.1 Å². The van der Waals surface area contributed by atoms with Gasteiger partial charge in [-0.1, -0.05) is 5.16 Å². The number of aliphatic imine (C=N–C) groups is 1. The van der Waals surface area contributed by atoms with Crippen molar-refractivity contribution in [3.63, 3.8) is 0 Å². The zero-order valence-corrected chi connectivity index (χ0v) is 23.1. The molecule has 2 atom stereocenters. The van der Waals surface area contributed by atoms with Gasteiger partial charge in [-0.25, -0.2) is 9.59 Å². The molecule has 38 heavy (non-hydrogen) atoms. The van der Waals surface area contributed by atoms with E-state index in [2.05, 4.69) is 19.3 Å². The smallest absolute Gasteiger partial charge is 0.435 e. The molecule has 3 fully saturated rings. The molecule has 0 saturated carbocycles. The summed E-state index contributed by atoms with van der Waals surface area (Å²) < 4.78 is 46.4. The Balaban J connectivity index is 1.21. The number of ether oxygens (including phenoxy) is 1. The Labute approximate surface area is 223 Å². The number of amidine groups is 1. The van der Waals surface area contributed by atoms with Crippen molar-refractivity contribution in [2.24, 2.45) is 10.9 Å². The molecule has 14 heteroatoms. The summed E-state index contributed by atoms with van der Waals surface area (Å²) in [5.74, 6) is 2.01. The predicted octanol–water partition coefficient (Wildman–Crippen LogP) is 3.74. The Bertz CT molecular complexity index is 1150. The number of piperidine rings is 2. The summed E-state index contributed by atoms with van der Waals surface area (Å²) in [4.78, 5) is 32.3. The molecule has 0 radical (unpaired) electrons. The fourth-order valence-electron chi connectivity index (χ4n) is 5.34. The maximum Gasteiger partial charge on any atom is 0.435 e. The minimum Gasteiger partial charge on any atom is -0.442 e. The highest BCUT2D eigenvalue weighted by atomic mass is 32.3. The lowest BCUT2D eigenvalue weighted by Gasteiger charge is -2.33. The number of hydrogen-bond acceptors (Lipinski definition) is 8. The van der Waals surface area contributed by atoms with Gasteiger partial charge in [-0.2, -0.15) is 18.5 Å². The monoisotopic (exact) mass is 555 g/mol. The quantitative estimate of drug-likeness (QED) is 0.299. The Morgan fingerprint density at radius 2 is 1.95 bits per heavy atom. The molecule has 0 unspecified atom stereocenters. The summed E-state index contributed by atoms with van der Waals surface area (Å²) in [6, 6.07) is 0.480. The molecule has 0 aromatic carbocycles. The van der Waals surface area contributed by atoms with Crippen LogP contribution in [0.5, 0.6) is 0 Å². The van der Waals surface area contributed by atoms with Gasteiger partial charge < -0.3 is 19.1 Å². The number of carbonyl (C=O) groups excluding carboxylic acids is 2. The molecule has 1 aromatic rings. The number of amides is 3. The van der Waals surface area contributed by atoms with E-state index in [4.69, 9.17) is 13.8 Å². The molecule has 2 bridgehead atoms. The molecule has 212 valence electrons. The fourth-order valence-corrected chi connectivity index (χ4v) is 5.73. The van der Waals surface area contributed by atoms with E-state index < -0.39 is 34.2 Å². The third-order valence-corrected chi connectivity index (χ3v) is 7.52. The van der Waals surface area contributed by atoms with Crippen molar-refractivity contribution in [2.45, 2.75) is 90.3 Å². The van der Waals surface area contributed by atoms with E-state index in [9.17, 15) is 18.0 Å². The van der Waals surface area contributed by atoms with Crippen LogP contribution in [-0.4, -0.2) is 82.2 Å². The first kappa shape index (κ1) is 28.3. The number of aryl methyl sites for hydroxylation is 1. The van der Waals surface area contributed by atoms with Crippen molar-refractivity contribution in [3.8, 4) is 0 Å². The van der Waals surface area contributed by atoms with E-state index >= 15 is 0 Å². The number of rotatable bonds is 7. The molecule has 1 aromatic heterocycles. The Morgan fingerprint density at radius 3 is 2.61 bits per heavy atom. The number of fused-ring (bicyclic) bond motifs is 2. The van der Waals surface area contributed by atoms with Gasteiger partial charge in [0.2, 0.25) is 0 Å². The Hall–Kier alpha value is -2.71. The third-order valence-electron chi connectivity index (χ3n) is 7.17. The molecule has 4 heterocycles. The second-order valence-electron chi connectivity index (χ2n) is 11.2. The minimum atomic E-state index is -4.78. The summed E-state index contributed by atoms with van der Waals surface area (Å²) in [6.07, 6.45) is 5.30. The minimum absolute atomic E-state index is 0.294. The molecular weight excluding hydrogens is 518 g/mol. The largest absolute Gasteiger partial charge is 0.442 e. The highest BCUT2D eigenvalue weighted by molar-refractivity contribution is 7.80. The summed E-state index contributed by atoms with van der Waals surface area (Å²) >= 11 is 0. The van der Waals surface area contributed by atoms with Crippen LogP contribution in [0.4, 0.5) is 9.59 Å². The SMILES string of the molecule is CC(=NC(=O)OC(C)(C)C)N1CCC(CCCc2cc([C@@H]3CC[C@@H]4CN3C(=O)N4OS(=O)(=O)O)no2)CC1. The lowest BCUT2D eigenvalue weighted by Crippen LogP contribution is -2.38. The normalized spacial score (nSPS) is 23.3. The van der Waals surface area contributed by atoms with Crippen LogP contribution >= 0.6 is 0 Å². The van der Waals surface area contributed by atoms with Gasteiger partial charge in [-0.3, -0.25) is 4.55 Å². The number of likely N-dealkylation sites (tertiary alicyclic amines) is 1. The predicted molar refractivity (Wildman–Crippen MR) is 135 cm³/mol. The molecule has 0 spiro atoms. The van der Waals surface area contributed by atoms with Crippen LogP contribution in [0.2, 0.25) is 0 Å². The van der Waals surface area contributed by atoms with Crippen LogP contribution in [-0.2, 0) is 25.8 Å². The van der Waals surface area contributed by atoms with Gasteiger partial charge in [0, 0.05) is 32.1 Å². The summed E-state index contributed by atoms with van der Waals surface area (Å²) in [5, 5.41) is 4.91. The van der Waals surface area contributed by atoms with Crippen LogP contribution < -0.4 is 0 Å². The van der Waals surface area contributed by atoms with Gasteiger partial charge in [0.25, 0.3) is 0 Å². The molecule has 0 aliphatic carbocycles. The second kappa shape index (κ2) is 11.2. The summed E-state index contributed by atoms with van der Waals surface area (Å²) in [7, 11) is -4.78. The van der Waals surface area contributed by atoms with Crippen LogP contribution in [0.1, 0.15) is 83.7 Å². The van der Waals surface area contributed by atoms with E-state index in [0.29, 0.717) is 36.8 Å². The van der Waals surface area contributed by atoms with Crippen molar-refractivity contribution < 1.29 is 36.1 Å². The van der Waals surface area contributed by atoms with E-state index in [1.54, 1.807) is 0 Å². The van der Waals surface area contributed by atoms with Crippen LogP contribution in [0.3, 0.4) is 0 Å². The van der Waals surface area contributed by atoms with Gasteiger partial charge in [-0.05, 0) is 72.1 Å². The molecule has 3 amide bonds. The van der Waals surface area contributed by atoms with Gasteiger partial charge in [0.15, 0.2) is 0 Å².